The van der Waals surface area contributed by atoms with Gasteiger partial charge in [-0.15, -0.1) is 0 Å². The number of halogens is 1. The van der Waals surface area contributed by atoms with Gasteiger partial charge in [-0.1, -0.05) is 32.6 Å². The molecule has 3 heterocycles. The number of nitrogens with two attached hydrogens (primary N) is 1. The Bertz CT molecular complexity index is 1510. The molecule has 0 unspecified atom stereocenters. The summed E-state index contributed by atoms with van der Waals surface area (Å²) in [6, 6.07) is 5.81. The fraction of sp³-hybridized carbons (Fsp3) is 0.400. The summed E-state index contributed by atoms with van der Waals surface area (Å²) in [6.07, 6.45) is 4.19. The third-order valence-corrected chi connectivity index (χ3v) is 8.06. The third-order valence-electron chi connectivity index (χ3n) is 8.06. The SMILES string of the molecule is C=CC(=O)N(C)CCOc1c(N)ncnc1-c1ccc(CN2CCn3c(c(F)c4c3C(C)(C)CC4)C2=O)c(C)c1. The molecule has 2 N–H and O–H groups in total. The lowest BCUT2D eigenvalue weighted by molar-refractivity contribution is -0.125. The molecule has 210 valence electrons. The average Bonchev–Trinajstić information content (AvgIpc) is 3.41. The highest BCUT2D eigenvalue weighted by atomic mass is 19.1. The van der Waals surface area contributed by atoms with Crippen molar-refractivity contribution < 1.29 is 18.7 Å². The van der Waals surface area contributed by atoms with Crippen molar-refractivity contribution in [3.63, 3.8) is 0 Å². The van der Waals surface area contributed by atoms with Crippen LogP contribution in [0.1, 0.15) is 53.1 Å². The van der Waals surface area contributed by atoms with Crippen LogP contribution in [0.15, 0.2) is 37.2 Å². The predicted octanol–water partition coefficient (Wildman–Crippen LogP) is 3.88. The molecule has 0 saturated heterocycles. The lowest BCUT2D eigenvalue weighted by Gasteiger charge is -2.32. The van der Waals surface area contributed by atoms with Gasteiger partial charge in [0.05, 0.1) is 6.54 Å². The number of likely N-dealkylation sites (N-methyl/N-ethyl adjacent to an activating group) is 1. The number of hydrogen-bond donors (Lipinski definition) is 1. The molecule has 2 amide bonds. The van der Waals surface area contributed by atoms with E-state index in [4.69, 9.17) is 10.5 Å². The lowest BCUT2D eigenvalue weighted by Crippen LogP contribution is -2.41. The van der Waals surface area contributed by atoms with Crippen molar-refractivity contribution in [3.8, 4) is 17.0 Å². The summed E-state index contributed by atoms with van der Waals surface area (Å²) in [5.41, 5.74) is 11.1. The summed E-state index contributed by atoms with van der Waals surface area (Å²) in [5, 5.41) is 0. The average molecular weight is 547 g/mol. The van der Waals surface area contributed by atoms with E-state index in [-0.39, 0.29) is 41.2 Å². The second kappa shape index (κ2) is 10.4. The Morgan fingerprint density at radius 2 is 2.08 bits per heavy atom. The second-order valence-electron chi connectivity index (χ2n) is 11.1. The van der Waals surface area contributed by atoms with Gasteiger partial charge in [0.15, 0.2) is 17.4 Å². The number of carbonyl (C=O) groups excluding carboxylic acids is 2. The monoisotopic (exact) mass is 546 g/mol. The van der Waals surface area contributed by atoms with Crippen LogP contribution in [0.4, 0.5) is 10.2 Å². The van der Waals surface area contributed by atoms with Crippen LogP contribution in [0.3, 0.4) is 0 Å². The van der Waals surface area contributed by atoms with Gasteiger partial charge in [0.2, 0.25) is 5.91 Å². The van der Waals surface area contributed by atoms with Gasteiger partial charge < -0.3 is 24.8 Å². The number of aryl methyl sites for hydroxylation is 1. The summed E-state index contributed by atoms with van der Waals surface area (Å²) < 4.78 is 23.2. The van der Waals surface area contributed by atoms with Gasteiger partial charge in [0.25, 0.3) is 5.91 Å². The largest absolute Gasteiger partial charge is 0.486 e. The molecule has 2 aromatic heterocycles. The number of benzene rings is 1. The normalized spacial score (nSPS) is 15.5. The van der Waals surface area contributed by atoms with E-state index < -0.39 is 0 Å². The van der Waals surface area contributed by atoms with E-state index in [1.807, 2.05) is 29.7 Å². The summed E-state index contributed by atoms with van der Waals surface area (Å²) in [6.45, 7) is 11.7. The zero-order valence-corrected chi connectivity index (χ0v) is 23.5. The Morgan fingerprint density at radius 1 is 1.30 bits per heavy atom. The number of anilines is 1. The van der Waals surface area contributed by atoms with Gasteiger partial charge in [0.1, 0.15) is 24.3 Å². The maximum Gasteiger partial charge on any atom is 0.273 e. The number of ether oxygens (including phenoxy) is 1. The Balaban J connectivity index is 1.34. The molecule has 1 aliphatic carbocycles. The fourth-order valence-corrected chi connectivity index (χ4v) is 5.77. The van der Waals surface area contributed by atoms with Crippen LogP contribution < -0.4 is 10.5 Å². The first-order valence-corrected chi connectivity index (χ1v) is 13.4. The summed E-state index contributed by atoms with van der Waals surface area (Å²) in [7, 11) is 1.66. The number of nitrogens with zero attached hydrogens (tertiary/aromatic N) is 5. The molecule has 1 aromatic carbocycles. The number of carbonyl (C=O) groups is 2. The van der Waals surface area contributed by atoms with Gasteiger partial charge in [-0.25, -0.2) is 14.4 Å². The van der Waals surface area contributed by atoms with Crippen LogP contribution in [0.5, 0.6) is 5.75 Å². The summed E-state index contributed by atoms with van der Waals surface area (Å²) >= 11 is 0. The number of hydrogen-bond acceptors (Lipinski definition) is 6. The molecule has 2 aliphatic rings. The van der Waals surface area contributed by atoms with Gasteiger partial charge in [-0.2, -0.15) is 0 Å². The van der Waals surface area contributed by atoms with E-state index in [2.05, 4.69) is 30.4 Å². The third kappa shape index (κ3) is 4.71. The molecule has 10 heteroatoms. The van der Waals surface area contributed by atoms with E-state index in [1.54, 1.807) is 11.9 Å². The number of nitrogen functional groups attached to an aromatic ring is 1. The molecule has 1 aliphatic heterocycles. The van der Waals surface area contributed by atoms with Crippen molar-refractivity contribution in [2.24, 2.45) is 0 Å². The quantitative estimate of drug-likeness (QED) is 0.430. The molecule has 0 atom stereocenters. The zero-order chi connectivity index (χ0) is 28.8. The zero-order valence-electron chi connectivity index (χ0n) is 23.5. The van der Waals surface area contributed by atoms with Crippen LogP contribution in [0.25, 0.3) is 11.3 Å². The standard InChI is InChI=1S/C30H35FN6O3/c1-6-22(38)35(5)13-14-40-26-24(33-17-34-28(26)32)19-7-8-20(18(2)15-19)16-36-11-12-37-25(29(36)39)23(31)21-9-10-30(3,4)27(21)37/h6-8,15,17H,1,9-14,16H2,2-5H3,(H2,32,33,34). The van der Waals surface area contributed by atoms with Gasteiger partial charge in [-0.05, 0) is 43.0 Å². The summed E-state index contributed by atoms with van der Waals surface area (Å²) in [4.78, 5) is 36.9. The predicted molar refractivity (Wildman–Crippen MR) is 150 cm³/mol. The minimum absolute atomic E-state index is 0.130. The van der Waals surface area contributed by atoms with Crippen LogP contribution in [0, 0.1) is 12.7 Å². The van der Waals surface area contributed by atoms with E-state index in [1.165, 1.54) is 17.3 Å². The highest BCUT2D eigenvalue weighted by molar-refractivity contribution is 5.94. The number of amides is 2. The van der Waals surface area contributed by atoms with Crippen molar-refractivity contribution in [3.05, 3.63) is 71.1 Å². The highest BCUT2D eigenvalue weighted by Gasteiger charge is 2.42. The Hall–Kier alpha value is -4.21. The number of rotatable bonds is 8. The number of fused-ring (bicyclic) bond motifs is 3. The van der Waals surface area contributed by atoms with Crippen LogP contribution in [-0.2, 0) is 29.7 Å². The molecule has 0 bridgehead atoms. The Labute approximate surface area is 233 Å². The topological polar surface area (TPSA) is 107 Å². The van der Waals surface area contributed by atoms with Crippen LogP contribution in [-0.4, -0.2) is 62.9 Å². The molecule has 0 spiro atoms. The Kier molecular flexibility index (Phi) is 7.12. The molecule has 3 aromatic rings. The molecule has 0 saturated carbocycles. The van der Waals surface area contributed by atoms with Crippen molar-refractivity contribution in [2.75, 3.05) is 32.5 Å². The van der Waals surface area contributed by atoms with Crippen LogP contribution in [0.2, 0.25) is 0 Å². The first-order valence-electron chi connectivity index (χ1n) is 13.4. The van der Waals surface area contributed by atoms with E-state index in [9.17, 15) is 9.59 Å². The molecule has 40 heavy (non-hydrogen) atoms. The van der Waals surface area contributed by atoms with Crippen molar-refractivity contribution in [1.29, 1.82) is 0 Å². The number of aromatic nitrogens is 3. The molecule has 9 nitrogen and oxygen atoms in total. The maximum absolute atomic E-state index is 15.4. The first-order chi connectivity index (χ1) is 19.0. The highest BCUT2D eigenvalue weighted by Crippen LogP contribution is 2.43. The summed E-state index contributed by atoms with van der Waals surface area (Å²) in [5.74, 6) is -0.285. The lowest BCUT2D eigenvalue weighted by atomic mass is 9.90. The van der Waals surface area contributed by atoms with E-state index >= 15 is 4.39 Å². The maximum atomic E-state index is 15.4. The van der Waals surface area contributed by atoms with Crippen molar-refractivity contribution in [1.82, 2.24) is 24.3 Å². The second-order valence-corrected chi connectivity index (χ2v) is 11.1. The van der Waals surface area contributed by atoms with Gasteiger partial charge in [-0.3, -0.25) is 9.59 Å². The van der Waals surface area contributed by atoms with Gasteiger partial charge >= 0.3 is 0 Å². The first kappa shape index (κ1) is 27.4. The van der Waals surface area contributed by atoms with E-state index in [0.29, 0.717) is 49.6 Å². The minimum Gasteiger partial charge on any atom is -0.486 e. The molecule has 5 rings (SSSR count). The molecule has 0 fully saturated rings. The molecular formula is C30H35FN6O3. The van der Waals surface area contributed by atoms with Crippen molar-refractivity contribution in [2.45, 2.75) is 52.1 Å². The fourth-order valence-electron chi connectivity index (χ4n) is 5.77. The van der Waals surface area contributed by atoms with E-state index in [0.717, 1.165) is 28.8 Å². The Morgan fingerprint density at radius 3 is 2.80 bits per heavy atom. The van der Waals surface area contributed by atoms with Gasteiger partial charge in [0, 0.05) is 48.9 Å². The van der Waals surface area contributed by atoms with Crippen molar-refractivity contribution >= 4 is 17.6 Å². The van der Waals surface area contributed by atoms with Crippen LogP contribution >= 0.6 is 0 Å². The smallest absolute Gasteiger partial charge is 0.273 e. The molecule has 0 radical (unpaired) electrons. The molecular weight excluding hydrogens is 511 g/mol. The minimum atomic E-state index is -0.351.